The molecule has 7 nitrogen and oxygen atoms in total. The van der Waals surface area contributed by atoms with E-state index in [1.54, 1.807) is 38.1 Å². The Bertz CT molecular complexity index is 544. The summed E-state index contributed by atoms with van der Waals surface area (Å²) in [6, 6.07) is 5.72. The largest absolute Gasteiger partial charge is 0.493 e. The fourth-order valence-electron chi connectivity index (χ4n) is 1.78. The molecule has 0 aromatic heterocycles. The van der Waals surface area contributed by atoms with Gasteiger partial charge >= 0.3 is 5.97 Å². The van der Waals surface area contributed by atoms with Crippen LogP contribution in [0.5, 0.6) is 5.75 Å². The van der Waals surface area contributed by atoms with Crippen LogP contribution in [-0.2, 0) is 9.59 Å². The van der Waals surface area contributed by atoms with Crippen LogP contribution >= 0.6 is 0 Å². The lowest BCUT2D eigenvalue weighted by atomic mass is 10.2. The molecular formula is C15H20N2O5. The van der Waals surface area contributed by atoms with Gasteiger partial charge in [0.15, 0.2) is 0 Å². The number of carbonyl (C=O) groups excluding carboxylic acids is 2. The van der Waals surface area contributed by atoms with E-state index in [4.69, 9.17) is 9.84 Å². The van der Waals surface area contributed by atoms with Gasteiger partial charge in [-0.1, -0.05) is 19.1 Å². The molecule has 1 rings (SSSR count). The molecule has 7 heteroatoms. The molecule has 0 fully saturated rings. The summed E-state index contributed by atoms with van der Waals surface area (Å²) in [5.74, 6) is -1.69. The van der Waals surface area contributed by atoms with Crippen LogP contribution in [0.25, 0.3) is 0 Å². The summed E-state index contributed by atoms with van der Waals surface area (Å²) >= 11 is 0. The van der Waals surface area contributed by atoms with Crippen LogP contribution in [0.1, 0.15) is 30.6 Å². The predicted octanol–water partition coefficient (Wildman–Crippen LogP) is 0.794. The number of hydrogen-bond acceptors (Lipinski definition) is 4. The minimum absolute atomic E-state index is 0.266. The Hall–Kier alpha value is -2.57. The summed E-state index contributed by atoms with van der Waals surface area (Å²) in [5.41, 5.74) is 0.322. The Morgan fingerprint density at radius 2 is 1.91 bits per heavy atom. The van der Waals surface area contributed by atoms with Crippen LogP contribution in [0.2, 0.25) is 0 Å². The first kappa shape index (κ1) is 17.5. The van der Waals surface area contributed by atoms with Crippen molar-refractivity contribution in [1.29, 1.82) is 0 Å². The van der Waals surface area contributed by atoms with E-state index in [1.807, 2.05) is 0 Å². The molecule has 22 heavy (non-hydrogen) atoms. The molecule has 2 amide bonds. The van der Waals surface area contributed by atoms with Crippen molar-refractivity contribution in [1.82, 2.24) is 10.6 Å². The lowest BCUT2D eigenvalue weighted by Crippen LogP contribution is -2.45. The highest BCUT2D eigenvalue weighted by Gasteiger charge is 2.18. The minimum Gasteiger partial charge on any atom is -0.493 e. The Morgan fingerprint density at radius 1 is 1.23 bits per heavy atom. The van der Waals surface area contributed by atoms with E-state index < -0.39 is 23.8 Å². The summed E-state index contributed by atoms with van der Waals surface area (Å²) in [6.07, 6.45) is 0.266. The molecular weight excluding hydrogens is 288 g/mol. The first-order valence-corrected chi connectivity index (χ1v) is 7.01. The monoisotopic (exact) mass is 308 g/mol. The van der Waals surface area contributed by atoms with Crippen LogP contribution in [0.15, 0.2) is 24.3 Å². The molecule has 0 bridgehead atoms. The highest BCUT2D eigenvalue weighted by atomic mass is 16.5. The molecule has 1 aromatic rings. The number of carbonyl (C=O) groups is 3. The Kier molecular flexibility index (Phi) is 6.88. The number of carboxylic acid groups (broad SMARTS) is 1. The Balaban J connectivity index is 2.59. The Labute approximate surface area is 128 Å². The highest BCUT2D eigenvalue weighted by Crippen LogP contribution is 2.17. The van der Waals surface area contributed by atoms with Gasteiger partial charge in [-0.2, -0.15) is 0 Å². The van der Waals surface area contributed by atoms with Crippen molar-refractivity contribution in [2.75, 3.05) is 13.2 Å². The second-order valence-corrected chi connectivity index (χ2v) is 4.48. The predicted molar refractivity (Wildman–Crippen MR) is 79.8 cm³/mol. The second-order valence-electron chi connectivity index (χ2n) is 4.48. The van der Waals surface area contributed by atoms with E-state index in [2.05, 4.69) is 10.6 Å². The maximum absolute atomic E-state index is 12.0. The van der Waals surface area contributed by atoms with E-state index in [9.17, 15) is 14.4 Å². The zero-order chi connectivity index (χ0) is 16.5. The number of benzene rings is 1. The van der Waals surface area contributed by atoms with E-state index in [-0.39, 0.29) is 13.0 Å². The van der Waals surface area contributed by atoms with Crippen molar-refractivity contribution in [3.05, 3.63) is 29.8 Å². The second kappa shape index (κ2) is 8.66. The van der Waals surface area contributed by atoms with E-state index in [0.717, 1.165) is 0 Å². The van der Waals surface area contributed by atoms with Crippen molar-refractivity contribution in [3.63, 3.8) is 0 Å². The topological polar surface area (TPSA) is 105 Å². The number of para-hydroxylation sites is 1. The molecule has 0 radical (unpaired) electrons. The molecule has 0 saturated heterocycles. The maximum atomic E-state index is 12.0. The van der Waals surface area contributed by atoms with Gasteiger partial charge in [0.25, 0.3) is 5.91 Å². The van der Waals surface area contributed by atoms with Gasteiger partial charge in [0.05, 0.1) is 18.7 Å². The first-order valence-electron chi connectivity index (χ1n) is 7.01. The smallest absolute Gasteiger partial charge is 0.326 e. The molecule has 1 atom stereocenters. The van der Waals surface area contributed by atoms with Crippen LogP contribution in [0.4, 0.5) is 0 Å². The van der Waals surface area contributed by atoms with Crippen molar-refractivity contribution in [2.45, 2.75) is 26.3 Å². The fourth-order valence-corrected chi connectivity index (χ4v) is 1.78. The molecule has 1 aromatic carbocycles. The van der Waals surface area contributed by atoms with Gasteiger partial charge in [0.2, 0.25) is 5.91 Å². The van der Waals surface area contributed by atoms with Gasteiger partial charge in [-0.3, -0.25) is 9.59 Å². The third-order valence-electron chi connectivity index (χ3n) is 2.88. The Morgan fingerprint density at radius 3 is 2.50 bits per heavy atom. The highest BCUT2D eigenvalue weighted by molar-refractivity contribution is 5.99. The third kappa shape index (κ3) is 5.08. The van der Waals surface area contributed by atoms with Gasteiger partial charge in [-0.25, -0.2) is 4.79 Å². The van der Waals surface area contributed by atoms with Gasteiger partial charge < -0.3 is 20.5 Å². The SMILES string of the molecule is CCOc1ccccc1C(=O)NCC(=O)NC(CC)C(=O)O. The van der Waals surface area contributed by atoms with Gasteiger partial charge in [0.1, 0.15) is 11.8 Å². The number of rotatable bonds is 8. The van der Waals surface area contributed by atoms with Gasteiger partial charge in [0, 0.05) is 0 Å². The normalized spacial score (nSPS) is 11.4. The summed E-state index contributed by atoms with van der Waals surface area (Å²) in [7, 11) is 0. The van der Waals surface area contributed by atoms with Crippen molar-refractivity contribution in [3.8, 4) is 5.75 Å². The molecule has 0 aliphatic rings. The van der Waals surface area contributed by atoms with E-state index in [0.29, 0.717) is 17.9 Å². The van der Waals surface area contributed by atoms with Gasteiger partial charge in [-0.15, -0.1) is 0 Å². The van der Waals surface area contributed by atoms with Crippen molar-refractivity contribution >= 4 is 17.8 Å². The number of aliphatic carboxylic acids is 1. The molecule has 120 valence electrons. The number of amides is 2. The average Bonchev–Trinajstić information content (AvgIpc) is 2.50. The van der Waals surface area contributed by atoms with Crippen molar-refractivity contribution in [2.24, 2.45) is 0 Å². The number of ether oxygens (including phenoxy) is 1. The average molecular weight is 308 g/mol. The standard InChI is InChI=1S/C15H20N2O5/c1-3-11(15(20)21)17-13(18)9-16-14(19)10-7-5-6-8-12(10)22-4-2/h5-8,11H,3-4,9H2,1-2H3,(H,16,19)(H,17,18)(H,20,21). The summed E-state index contributed by atoms with van der Waals surface area (Å²) in [6.45, 7) is 3.57. The first-order chi connectivity index (χ1) is 10.5. The molecule has 3 N–H and O–H groups in total. The van der Waals surface area contributed by atoms with Crippen LogP contribution in [0.3, 0.4) is 0 Å². The zero-order valence-electron chi connectivity index (χ0n) is 12.6. The van der Waals surface area contributed by atoms with Crippen molar-refractivity contribution < 1.29 is 24.2 Å². The van der Waals surface area contributed by atoms with E-state index in [1.165, 1.54) is 0 Å². The molecule has 0 aliphatic carbocycles. The third-order valence-corrected chi connectivity index (χ3v) is 2.88. The number of nitrogens with one attached hydrogen (secondary N) is 2. The molecule has 0 spiro atoms. The zero-order valence-corrected chi connectivity index (χ0v) is 12.6. The number of hydrogen-bond donors (Lipinski definition) is 3. The van der Waals surface area contributed by atoms with Gasteiger partial charge in [-0.05, 0) is 25.5 Å². The van der Waals surface area contributed by atoms with Crippen LogP contribution in [-0.4, -0.2) is 42.1 Å². The maximum Gasteiger partial charge on any atom is 0.326 e. The minimum atomic E-state index is -1.11. The van der Waals surface area contributed by atoms with E-state index >= 15 is 0 Å². The summed E-state index contributed by atoms with van der Waals surface area (Å²) < 4.78 is 5.34. The quantitative estimate of drug-likeness (QED) is 0.658. The lowest BCUT2D eigenvalue weighted by molar-refractivity contribution is -0.141. The molecule has 0 saturated carbocycles. The van der Waals surface area contributed by atoms with Crippen LogP contribution in [0, 0.1) is 0 Å². The summed E-state index contributed by atoms with van der Waals surface area (Å²) in [4.78, 5) is 34.5. The fraction of sp³-hybridized carbons (Fsp3) is 0.400. The molecule has 0 heterocycles. The summed E-state index contributed by atoms with van der Waals surface area (Å²) in [5, 5.41) is 13.6. The van der Waals surface area contributed by atoms with Crippen LogP contribution < -0.4 is 15.4 Å². The molecule has 1 unspecified atom stereocenters. The number of carboxylic acids is 1. The molecule has 0 aliphatic heterocycles. The lowest BCUT2D eigenvalue weighted by Gasteiger charge is -2.13.